The highest BCUT2D eigenvalue weighted by Gasteiger charge is 2.59. The minimum atomic E-state index is -0.333. The van der Waals surface area contributed by atoms with Crippen LogP contribution in [0.1, 0.15) is 44.2 Å². The summed E-state index contributed by atoms with van der Waals surface area (Å²) in [6.07, 6.45) is 6.43. The summed E-state index contributed by atoms with van der Waals surface area (Å²) < 4.78 is 3.56. The Bertz CT molecular complexity index is 993. The van der Waals surface area contributed by atoms with E-state index in [-0.39, 0.29) is 21.2 Å². The van der Waals surface area contributed by atoms with Crippen LogP contribution < -0.4 is 10.9 Å². The molecule has 1 N–H and O–H groups in total. The van der Waals surface area contributed by atoms with Crippen molar-refractivity contribution in [3.05, 3.63) is 46.4 Å². The van der Waals surface area contributed by atoms with E-state index in [0.717, 1.165) is 30.6 Å². The molecule has 0 radical (unpaired) electrons. The summed E-state index contributed by atoms with van der Waals surface area (Å²) in [5, 5.41) is 3.07. The molecule has 5 nitrogen and oxygen atoms in total. The van der Waals surface area contributed by atoms with Crippen LogP contribution in [0.3, 0.4) is 0 Å². The average Bonchev–Trinajstić information content (AvgIpc) is 2.84. The Hall–Kier alpha value is -1.82. The van der Waals surface area contributed by atoms with Crippen molar-refractivity contribution in [3.8, 4) is 5.69 Å². The maximum Gasteiger partial charge on any atom is 0.295 e. The molecule has 6 rings (SSSR count). The van der Waals surface area contributed by atoms with Gasteiger partial charge in [-0.15, -0.1) is 0 Å². The summed E-state index contributed by atoms with van der Waals surface area (Å²) in [6.45, 7) is 1.89. The lowest BCUT2D eigenvalue weighted by Crippen LogP contribution is -2.57. The van der Waals surface area contributed by atoms with E-state index in [0.29, 0.717) is 17.5 Å². The minimum Gasteiger partial charge on any atom is -0.319 e. The average molecular weight is 444 g/mol. The number of alkyl halides is 1. The van der Waals surface area contributed by atoms with Gasteiger partial charge in [-0.3, -0.25) is 14.3 Å². The molecule has 148 valence electrons. The Labute approximate surface area is 173 Å². The second-order valence-corrected chi connectivity index (χ2v) is 11.0. The van der Waals surface area contributed by atoms with Gasteiger partial charge in [0.05, 0.1) is 16.8 Å². The summed E-state index contributed by atoms with van der Waals surface area (Å²) >= 11 is 3.97. The zero-order chi connectivity index (χ0) is 19.7. The molecule has 0 aliphatic heterocycles. The molecule has 28 heavy (non-hydrogen) atoms. The Morgan fingerprint density at radius 2 is 1.79 bits per heavy atom. The normalized spacial score (nSPS) is 33.2. The quantitative estimate of drug-likeness (QED) is 0.723. The number of halogens is 1. The highest BCUT2D eigenvalue weighted by atomic mass is 79.9. The van der Waals surface area contributed by atoms with Gasteiger partial charge in [0, 0.05) is 11.4 Å². The number of benzene rings is 1. The van der Waals surface area contributed by atoms with Crippen LogP contribution in [0.2, 0.25) is 0 Å². The Balaban J connectivity index is 1.49. The fourth-order valence-corrected chi connectivity index (χ4v) is 7.83. The number of anilines is 1. The van der Waals surface area contributed by atoms with Gasteiger partial charge >= 0.3 is 0 Å². The van der Waals surface area contributed by atoms with Gasteiger partial charge in [-0.05, 0) is 69.4 Å². The highest BCUT2D eigenvalue weighted by Crippen LogP contribution is 2.64. The summed E-state index contributed by atoms with van der Waals surface area (Å²) in [6, 6.07) is 9.55. The molecule has 1 aromatic heterocycles. The van der Waals surface area contributed by atoms with Gasteiger partial charge in [0.25, 0.3) is 5.56 Å². The van der Waals surface area contributed by atoms with E-state index >= 15 is 0 Å². The van der Waals surface area contributed by atoms with Crippen LogP contribution >= 0.6 is 15.9 Å². The molecule has 1 heterocycles. The molecule has 1 aromatic carbocycles. The van der Waals surface area contributed by atoms with Gasteiger partial charge in [-0.1, -0.05) is 34.1 Å². The largest absolute Gasteiger partial charge is 0.319 e. The van der Waals surface area contributed by atoms with E-state index in [4.69, 9.17) is 0 Å². The van der Waals surface area contributed by atoms with Crippen molar-refractivity contribution in [2.24, 2.45) is 24.3 Å². The van der Waals surface area contributed by atoms with Gasteiger partial charge < -0.3 is 5.32 Å². The van der Waals surface area contributed by atoms with Crippen molar-refractivity contribution in [2.75, 3.05) is 5.32 Å². The Morgan fingerprint density at radius 1 is 1.14 bits per heavy atom. The van der Waals surface area contributed by atoms with Crippen molar-refractivity contribution in [1.29, 1.82) is 0 Å². The van der Waals surface area contributed by atoms with Crippen molar-refractivity contribution >= 4 is 27.5 Å². The molecule has 4 aliphatic rings. The SMILES string of the molecule is Cc1c(NC(=O)C23C[C@@H]4C[C@H](CC(Br)(C4)C2)C3)c(=O)n(-c2ccccc2)n1C. The van der Waals surface area contributed by atoms with Crippen molar-refractivity contribution in [1.82, 2.24) is 9.36 Å². The predicted molar refractivity (Wildman–Crippen MR) is 113 cm³/mol. The van der Waals surface area contributed by atoms with Crippen LogP contribution in [-0.4, -0.2) is 19.6 Å². The molecule has 2 aromatic rings. The zero-order valence-corrected chi connectivity index (χ0v) is 18.0. The molecule has 4 saturated carbocycles. The molecular formula is C22H26BrN3O2. The van der Waals surface area contributed by atoms with Crippen molar-refractivity contribution < 1.29 is 4.79 Å². The van der Waals surface area contributed by atoms with Gasteiger partial charge in [-0.2, -0.15) is 0 Å². The molecule has 0 unspecified atom stereocenters. The third-order valence-electron chi connectivity index (χ3n) is 7.26. The summed E-state index contributed by atoms with van der Waals surface area (Å²) in [7, 11) is 1.86. The number of carbonyl (C=O) groups excluding carboxylic acids is 1. The molecular weight excluding hydrogens is 418 g/mol. The number of carbonyl (C=O) groups is 1. The van der Waals surface area contributed by atoms with Crippen molar-refractivity contribution in [2.45, 2.75) is 49.8 Å². The van der Waals surface area contributed by atoms with Crippen molar-refractivity contribution in [3.63, 3.8) is 0 Å². The molecule has 4 bridgehead atoms. The number of para-hydroxylation sites is 1. The maximum atomic E-state index is 13.5. The van der Waals surface area contributed by atoms with Gasteiger partial charge in [0.1, 0.15) is 5.69 Å². The first-order valence-corrected chi connectivity index (χ1v) is 10.9. The van der Waals surface area contributed by atoms with Gasteiger partial charge in [-0.25, -0.2) is 4.68 Å². The highest BCUT2D eigenvalue weighted by molar-refractivity contribution is 9.10. The van der Waals surface area contributed by atoms with E-state index in [9.17, 15) is 9.59 Å². The lowest BCUT2D eigenvalue weighted by molar-refractivity contribution is -0.138. The maximum absolute atomic E-state index is 13.5. The van der Waals surface area contributed by atoms with E-state index in [1.165, 1.54) is 19.3 Å². The number of rotatable bonds is 3. The topological polar surface area (TPSA) is 56.0 Å². The Kier molecular flexibility index (Phi) is 3.96. The van der Waals surface area contributed by atoms with E-state index in [1.54, 1.807) is 4.68 Å². The predicted octanol–water partition coefficient (Wildman–Crippen LogP) is 4.16. The first-order chi connectivity index (χ1) is 13.3. The summed E-state index contributed by atoms with van der Waals surface area (Å²) in [5.74, 6) is 1.30. The first kappa shape index (κ1) is 18.2. The number of hydrogen-bond acceptors (Lipinski definition) is 2. The monoisotopic (exact) mass is 443 g/mol. The molecule has 1 amide bonds. The Morgan fingerprint density at radius 3 is 2.39 bits per heavy atom. The van der Waals surface area contributed by atoms with E-state index in [1.807, 2.05) is 49.0 Å². The summed E-state index contributed by atoms with van der Waals surface area (Å²) in [5.41, 5.74) is 1.49. The van der Waals surface area contributed by atoms with Gasteiger partial charge in [0.2, 0.25) is 5.91 Å². The fourth-order valence-electron chi connectivity index (χ4n) is 6.37. The molecule has 6 heteroatoms. The third kappa shape index (κ3) is 2.64. The zero-order valence-electron chi connectivity index (χ0n) is 16.4. The van der Waals surface area contributed by atoms with E-state index < -0.39 is 0 Å². The third-order valence-corrected chi connectivity index (χ3v) is 8.19. The first-order valence-electron chi connectivity index (χ1n) is 10.1. The number of amides is 1. The van der Waals surface area contributed by atoms with Gasteiger partial charge in [0.15, 0.2) is 0 Å². The molecule has 0 spiro atoms. The molecule has 4 aliphatic carbocycles. The van der Waals surface area contributed by atoms with Crippen LogP contribution in [-0.2, 0) is 11.8 Å². The minimum absolute atomic E-state index is 0.0384. The number of hydrogen-bond donors (Lipinski definition) is 1. The van der Waals surface area contributed by atoms with Crippen LogP contribution in [0, 0.1) is 24.2 Å². The molecule has 0 saturated heterocycles. The number of nitrogens with one attached hydrogen (secondary N) is 1. The second-order valence-electron chi connectivity index (χ2n) is 9.28. The molecule has 2 atom stereocenters. The smallest absolute Gasteiger partial charge is 0.295 e. The number of nitrogens with zero attached hydrogens (tertiary/aromatic N) is 2. The van der Waals surface area contributed by atoms with Crippen LogP contribution in [0.15, 0.2) is 35.1 Å². The lowest BCUT2D eigenvalue weighted by Gasteiger charge is -2.59. The van der Waals surface area contributed by atoms with Crippen LogP contribution in [0.5, 0.6) is 0 Å². The number of aromatic nitrogens is 2. The van der Waals surface area contributed by atoms with Crippen LogP contribution in [0.25, 0.3) is 5.69 Å². The standard InChI is InChI=1S/C22H26BrN3O2/c1-14-18(19(27)26(25(14)2)17-6-4-3-5-7-17)24-20(28)21-9-15-8-16(10-21)12-22(23,11-15)13-21/h3-7,15-16H,8-13H2,1-2H3,(H,24,28)/t15-,16-,21?,22?/m0/s1. The molecule has 4 fully saturated rings. The van der Waals surface area contributed by atoms with Crippen LogP contribution in [0.4, 0.5) is 5.69 Å². The second kappa shape index (κ2) is 6.09. The van der Waals surface area contributed by atoms with E-state index in [2.05, 4.69) is 21.2 Å². The summed E-state index contributed by atoms with van der Waals surface area (Å²) in [4.78, 5) is 26.6. The lowest BCUT2D eigenvalue weighted by atomic mass is 9.49. The fraction of sp³-hybridized carbons (Fsp3) is 0.545.